The highest BCUT2D eigenvalue weighted by Crippen LogP contribution is 2.10. The molecule has 0 aliphatic rings. The lowest BCUT2D eigenvalue weighted by Crippen LogP contribution is -2.37. The van der Waals surface area contributed by atoms with Crippen LogP contribution in [0.2, 0.25) is 0 Å². The van der Waals surface area contributed by atoms with E-state index in [1.54, 1.807) is 12.1 Å². The van der Waals surface area contributed by atoms with Crippen LogP contribution >= 0.6 is 0 Å². The van der Waals surface area contributed by atoms with Gasteiger partial charge in [0.05, 0.1) is 0 Å². The monoisotopic (exact) mass is 314 g/mol. The van der Waals surface area contributed by atoms with Gasteiger partial charge in [0.2, 0.25) is 10.0 Å². The Bertz CT molecular complexity index is 516. The van der Waals surface area contributed by atoms with E-state index in [0.717, 1.165) is 13.0 Å². The van der Waals surface area contributed by atoms with E-state index < -0.39 is 10.0 Å². The van der Waals surface area contributed by atoms with Crippen molar-refractivity contribution in [3.63, 3.8) is 0 Å². The maximum atomic E-state index is 12.1. The highest BCUT2D eigenvalue weighted by Gasteiger charge is 2.15. The van der Waals surface area contributed by atoms with E-state index in [1.807, 2.05) is 14.0 Å². The van der Waals surface area contributed by atoms with Crippen LogP contribution < -0.4 is 10.0 Å². The van der Waals surface area contributed by atoms with Crippen LogP contribution in [0.3, 0.4) is 0 Å². The summed E-state index contributed by atoms with van der Waals surface area (Å²) >= 11 is 0. The zero-order chi connectivity index (χ0) is 15.9. The van der Waals surface area contributed by atoms with Crippen LogP contribution in [-0.2, 0) is 10.0 Å². The topological polar surface area (TPSA) is 74.3 Å². The summed E-state index contributed by atoms with van der Waals surface area (Å²) in [6.45, 7) is 8.01. The molecule has 0 amide bonds. The molecule has 0 spiro atoms. The number of pyridine rings is 1. The molecule has 1 aromatic rings. The maximum Gasteiger partial charge on any atom is 0.242 e. The number of sulfonamides is 1. The molecule has 0 aromatic carbocycles. The summed E-state index contributed by atoms with van der Waals surface area (Å²) in [5.41, 5.74) is 0. The van der Waals surface area contributed by atoms with Crippen molar-refractivity contribution in [1.82, 2.24) is 14.6 Å². The Kier molecular flexibility index (Phi) is 7.07. The van der Waals surface area contributed by atoms with E-state index in [1.165, 1.54) is 6.20 Å². The van der Waals surface area contributed by atoms with Gasteiger partial charge in [0, 0.05) is 31.9 Å². The smallest absolute Gasteiger partial charge is 0.242 e. The molecule has 1 unspecified atom stereocenters. The van der Waals surface area contributed by atoms with Crippen LogP contribution in [0.25, 0.3) is 0 Å². The molecular formula is C14H26N4O2S. The molecule has 0 saturated heterocycles. The first-order valence-electron chi connectivity index (χ1n) is 7.30. The number of aromatic nitrogens is 1. The van der Waals surface area contributed by atoms with E-state index in [0.29, 0.717) is 24.9 Å². The summed E-state index contributed by atoms with van der Waals surface area (Å²) < 4.78 is 26.9. The Labute approximate surface area is 128 Å². The van der Waals surface area contributed by atoms with Crippen molar-refractivity contribution in [2.45, 2.75) is 38.1 Å². The second-order valence-electron chi connectivity index (χ2n) is 5.05. The fraction of sp³-hybridized carbons (Fsp3) is 0.643. The van der Waals surface area contributed by atoms with Crippen molar-refractivity contribution < 1.29 is 8.42 Å². The number of likely N-dealkylation sites (N-methyl/N-ethyl adjacent to an activating group) is 1. The highest BCUT2D eigenvalue weighted by molar-refractivity contribution is 7.89. The minimum absolute atomic E-state index is 0.190. The molecule has 6 nitrogen and oxygen atoms in total. The zero-order valence-corrected chi connectivity index (χ0v) is 14.1. The largest absolute Gasteiger partial charge is 0.370 e. The fourth-order valence-corrected chi connectivity index (χ4v) is 2.76. The summed E-state index contributed by atoms with van der Waals surface area (Å²) in [7, 11) is -1.49. The lowest BCUT2D eigenvalue weighted by molar-refractivity contribution is 0.256. The summed E-state index contributed by atoms with van der Waals surface area (Å²) in [6, 6.07) is 3.67. The number of nitrogens with zero attached hydrogens (tertiary/aromatic N) is 2. The molecule has 1 rings (SSSR count). The maximum absolute atomic E-state index is 12.1. The molecule has 0 saturated carbocycles. The Hall–Kier alpha value is -1.18. The molecule has 120 valence electrons. The molecule has 0 aliphatic carbocycles. The van der Waals surface area contributed by atoms with E-state index in [-0.39, 0.29) is 4.90 Å². The summed E-state index contributed by atoms with van der Waals surface area (Å²) in [5.74, 6) is 0.674. The second kappa shape index (κ2) is 8.31. The number of hydrogen-bond donors (Lipinski definition) is 2. The molecule has 0 bridgehead atoms. The van der Waals surface area contributed by atoms with Gasteiger partial charge in [-0.2, -0.15) is 0 Å². The number of anilines is 1. The van der Waals surface area contributed by atoms with Crippen molar-refractivity contribution >= 4 is 15.8 Å². The van der Waals surface area contributed by atoms with Crippen LogP contribution in [-0.4, -0.2) is 51.0 Å². The Balaban J connectivity index is 2.57. The van der Waals surface area contributed by atoms with Crippen molar-refractivity contribution in [2.75, 3.05) is 32.0 Å². The third-order valence-corrected chi connectivity index (χ3v) is 4.95. The van der Waals surface area contributed by atoms with Crippen LogP contribution in [0, 0.1) is 0 Å². The van der Waals surface area contributed by atoms with Gasteiger partial charge in [-0.05, 0) is 39.4 Å². The highest BCUT2D eigenvalue weighted by atomic mass is 32.2. The van der Waals surface area contributed by atoms with E-state index >= 15 is 0 Å². The second-order valence-corrected chi connectivity index (χ2v) is 6.81. The van der Waals surface area contributed by atoms with Crippen molar-refractivity contribution in [2.24, 2.45) is 0 Å². The zero-order valence-electron chi connectivity index (χ0n) is 13.3. The van der Waals surface area contributed by atoms with Crippen molar-refractivity contribution in [1.29, 1.82) is 0 Å². The number of nitrogens with one attached hydrogen (secondary N) is 2. The van der Waals surface area contributed by atoms with Crippen molar-refractivity contribution in [3.8, 4) is 0 Å². The lowest BCUT2D eigenvalue weighted by atomic mass is 10.2. The predicted molar refractivity (Wildman–Crippen MR) is 86.0 cm³/mol. The van der Waals surface area contributed by atoms with E-state index in [2.05, 4.69) is 33.8 Å². The fourth-order valence-electron chi connectivity index (χ4n) is 1.80. The molecule has 0 aliphatic heterocycles. The van der Waals surface area contributed by atoms with Gasteiger partial charge in [0.25, 0.3) is 0 Å². The average Bonchev–Trinajstić information content (AvgIpc) is 2.47. The van der Waals surface area contributed by atoms with Gasteiger partial charge in [0.1, 0.15) is 10.7 Å². The van der Waals surface area contributed by atoms with E-state index in [9.17, 15) is 8.42 Å². The van der Waals surface area contributed by atoms with Crippen molar-refractivity contribution in [3.05, 3.63) is 18.3 Å². The normalized spacial score (nSPS) is 13.4. The SMILES string of the molecule is CCNc1ccc(S(=O)(=O)NCCN(C)C(C)CC)cn1. The first-order valence-corrected chi connectivity index (χ1v) is 8.78. The van der Waals surface area contributed by atoms with Crippen LogP contribution in [0.15, 0.2) is 23.2 Å². The molecule has 0 fully saturated rings. The first-order chi connectivity index (χ1) is 9.90. The molecule has 0 radical (unpaired) electrons. The molecule has 21 heavy (non-hydrogen) atoms. The minimum atomic E-state index is -3.49. The van der Waals surface area contributed by atoms with Gasteiger partial charge >= 0.3 is 0 Å². The van der Waals surface area contributed by atoms with Crippen LogP contribution in [0.1, 0.15) is 27.2 Å². The Morgan fingerprint density at radius 3 is 2.57 bits per heavy atom. The van der Waals surface area contributed by atoms with Crippen LogP contribution in [0.4, 0.5) is 5.82 Å². The minimum Gasteiger partial charge on any atom is -0.370 e. The van der Waals surface area contributed by atoms with Gasteiger partial charge < -0.3 is 10.2 Å². The molecule has 1 atom stereocenters. The van der Waals surface area contributed by atoms with Gasteiger partial charge in [-0.25, -0.2) is 18.1 Å². The van der Waals surface area contributed by atoms with Gasteiger partial charge in [-0.15, -0.1) is 0 Å². The third-order valence-electron chi connectivity index (χ3n) is 3.50. The molecule has 1 heterocycles. The van der Waals surface area contributed by atoms with Gasteiger partial charge in [-0.3, -0.25) is 0 Å². The quantitative estimate of drug-likeness (QED) is 0.723. The van der Waals surface area contributed by atoms with Gasteiger partial charge in [-0.1, -0.05) is 6.92 Å². The Morgan fingerprint density at radius 2 is 2.05 bits per heavy atom. The molecule has 1 aromatic heterocycles. The lowest BCUT2D eigenvalue weighted by Gasteiger charge is -2.23. The Morgan fingerprint density at radius 1 is 1.33 bits per heavy atom. The summed E-state index contributed by atoms with van der Waals surface area (Å²) in [5, 5.41) is 3.03. The number of rotatable bonds is 9. The standard InChI is InChI=1S/C14H26N4O2S/c1-5-12(3)18(4)10-9-17-21(19,20)13-7-8-14(15-6-2)16-11-13/h7-8,11-12,17H,5-6,9-10H2,1-4H3,(H,15,16). The van der Waals surface area contributed by atoms with Crippen LogP contribution in [0.5, 0.6) is 0 Å². The molecule has 2 N–H and O–H groups in total. The molecule has 7 heteroatoms. The first kappa shape index (κ1) is 17.9. The molecular weight excluding hydrogens is 288 g/mol. The third kappa shape index (κ3) is 5.61. The predicted octanol–water partition coefficient (Wildman–Crippen LogP) is 1.52. The summed E-state index contributed by atoms with van der Waals surface area (Å²) in [4.78, 5) is 6.40. The van der Waals surface area contributed by atoms with E-state index in [4.69, 9.17) is 0 Å². The number of hydrogen-bond acceptors (Lipinski definition) is 5. The van der Waals surface area contributed by atoms with Gasteiger partial charge in [0.15, 0.2) is 0 Å². The summed E-state index contributed by atoms with van der Waals surface area (Å²) in [6.07, 6.45) is 2.41. The average molecular weight is 314 g/mol.